The lowest BCUT2D eigenvalue weighted by atomic mass is 9.95. The van der Waals surface area contributed by atoms with Gasteiger partial charge in [0.05, 0.1) is 41.0 Å². The largest absolute Gasteiger partial charge is 0.493 e. The fraction of sp³-hybridized carbons (Fsp3) is 0.417. The Morgan fingerprint density at radius 2 is 1.69 bits per heavy atom. The Hall–Kier alpha value is -3.26. The lowest BCUT2D eigenvalue weighted by Crippen LogP contribution is -2.36. The van der Waals surface area contributed by atoms with Gasteiger partial charge >= 0.3 is 0 Å². The molecule has 0 fully saturated rings. The molecule has 1 atom stereocenters. The van der Waals surface area contributed by atoms with Crippen molar-refractivity contribution in [3.8, 4) is 34.1 Å². The lowest BCUT2D eigenvalue weighted by Gasteiger charge is -2.20. The van der Waals surface area contributed by atoms with Crippen LogP contribution in [0.3, 0.4) is 0 Å². The molecule has 0 spiro atoms. The van der Waals surface area contributed by atoms with Crippen LogP contribution in [0.2, 0.25) is 0 Å². The smallest absolute Gasteiger partial charge is 0.234 e. The number of benzene rings is 1. The molecule has 3 rings (SSSR count). The molecule has 1 aliphatic carbocycles. The third-order valence-electron chi connectivity index (χ3n) is 5.52. The third kappa shape index (κ3) is 4.50. The molecule has 1 N–H and O–H groups in total. The molecule has 0 aromatic heterocycles. The van der Waals surface area contributed by atoms with Crippen LogP contribution in [0.25, 0.3) is 11.1 Å². The van der Waals surface area contributed by atoms with Gasteiger partial charge in [-0.2, -0.15) is 0 Å². The van der Waals surface area contributed by atoms with Gasteiger partial charge in [0.25, 0.3) is 0 Å². The summed E-state index contributed by atoms with van der Waals surface area (Å²) in [5.41, 5.74) is 2.99. The van der Waals surface area contributed by atoms with E-state index < -0.39 is 0 Å². The third-order valence-corrected chi connectivity index (χ3v) is 5.52. The molecule has 0 saturated carbocycles. The number of nitrogens with one attached hydrogen (secondary N) is 1. The van der Waals surface area contributed by atoms with Gasteiger partial charge < -0.3 is 29.2 Å². The van der Waals surface area contributed by atoms with Crippen molar-refractivity contribution < 1.29 is 23.7 Å². The van der Waals surface area contributed by atoms with Crippen LogP contribution in [0, 0.1) is 0 Å². The summed E-state index contributed by atoms with van der Waals surface area (Å²) in [5, 5.41) is 3.09. The molecular formula is C24H30N2O6. The van der Waals surface area contributed by atoms with E-state index in [-0.39, 0.29) is 29.7 Å². The second-order valence-corrected chi connectivity index (χ2v) is 7.86. The Morgan fingerprint density at radius 1 is 1.00 bits per heavy atom. The molecule has 1 amide bonds. The minimum Gasteiger partial charge on any atom is -0.493 e. The number of fused-ring (bicyclic) bond motifs is 3. The number of ether oxygens (including phenoxy) is 4. The number of carbonyl (C=O) groups excluding carboxylic acids is 1. The van der Waals surface area contributed by atoms with Crippen molar-refractivity contribution in [2.75, 3.05) is 49.1 Å². The molecule has 8 nitrogen and oxygen atoms in total. The minimum atomic E-state index is -0.364. The molecule has 1 aliphatic rings. The molecule has 0 unspecified atom stereocenters. The maximum Gasteiger partial charge on any atom is 0.234 e. The van der Waals surface area contributed by atoms with Gasteiger partial charge in [-0.3, -0.25) is 9.59 Å². The van der Waals surface area contributed by atoms with Gasteiger partial charge in [-0.25, -0.2) is 0 Å². The topological polar surface area (TPSA) is 86.3 Å². The van der Waals surface area contributed by atoms with Crippen molar-refractivity contribution in [1.29, 1.82) is 0 Å². The van der Waals surface area contributed by atoms with E-state index >= 15 is 0 Å². The number of carbonyl (C=O) groups is 1. The summed E-state index contributed by atoms with van der Waals surface area (Å²) in [4.78, 5) is 27.2. The fourth-order valence-electron chi connectivity index (χ4n) is 4.14. The second kappa shape index (κ2) is 9.91. The predicted octanol–water partition coefficient (Wildman–Crippen LogP) is 2.41. The Labute approximate surface area is 188 Å². The van der Waals surface area contributed by atoms with Crippen molar-refractivity contribution >= 4 is 5.91 Å². The van der Waals surface area contributed by atoms with Crippen LogP contribution in [-0.4, -0.2) is 59.9 Å². The average Bonchev–Trinajstić information content (AvgIpc) is 3.00. The molecule has 0 bridgehead atoms. The number of hydrogen-bond acceptors (Lipinski definition) is 7. The molecule has 172 valence electrons. The number of likely N-dealkylation sites (N-methyl/N-ethyl adjacent to an activating group) is 1. The van der Waals surface area contributed by atoms with Crippen LogP contribution >= 0.6 is 0 Å². The van der Waals surface area contributed by atoms with Gasteiger partial charge in [0.15, 0.2) is 17.2 Å². The monoisotopic (exact) mass is 442 g/mol. The van der Waals surface area contributed by atoms with E-state index in [1.54, 1.807) is 38.4 Å². The Morgan fingerprint density at radius 3 is 2.28 bits per heavy atom. The number of aryl methyl sites for hydroxylation is 1. The summed E-state index contributed by atoms with van der Waals surface area (Å²) in [6.45, 7) is 0.246. The van der Waals surface area contributed by atoms with Crippen LogP contribution in [0.15, 0.2) is 29.1 Å². The van der Waals surface area contributed by atoms with E-state index in [4.69, 9.17) is 18.9 Å². The summed E-state index contributed by atoms with van der Waals surface area (Å²) in [6, 6.07) is 6.58. The van der Waals surface area contributed by atoms with Gasteiger partial charge in [-0.05, 0) is 61.8 Å². The van der Waals surface area contributed by atoms with Gasteiger partial charge in [0, 0.05) is 5.56 Å². The average molecular weight is 443 g/mol. The Bertz CT molecular complexity index is 1070. The number of hydrogen-bond donors (Lipinski definition) is 1. The van der Waals surface area contributed by atoms with E-state index in [1.165, 1.54) is 7.11 Å². The highest BCUT2D eigenvalue weighted by Crippen LogP contribution is 2.50. The molecule has 0 saturated heterocycles. The quantitative estimate of drug-likeness (QED) is 0.705. The van der Waals surface area contributed by atoms with E-state index in [1.807, 2.05) is 26.2 Å². The number of rotatable bonds is 7. The summed E-state index contributed by atoms with van der Waals surface area (Å²) in [7, 11) is 9.83. The zero-order valence-corrected chi connectivity index (χ0v) is 19.4. The fourth-order valence-corrected chi connectivity index (χ4v) is 4.14. The van der Waals surface area contributed by atoms with Crippen molar-refractivity contribution in [3.63, 3.8) is 0 Å². The Kier molecular flexibility index (Phi) is 7.25. The van der Waals surface area contributed by atoms with Crippen molar-refractivity contribution in [1.82, 2.24) is 10.2 Å². The van der Waals surface area contributed by atoms with E-state index in [9.17, 15) is 9.59 Å². The van der Waals surface area contributed by atoms with Crippen molar-refractivity contribution in [2.24, 2.45) is 0 Å². The van der Waals surface area contributed by atoms with Gasteiger partial charge in [-0.1, -0.05) is 6.07 Å². The first-order valence-electron chi connectivity index (χ1n) is 10.3. The lowest BCUT2D eigenvalue weighted by molar-refractivity contribution is -0.122. The predicted molar refractivity (Wildman–Crippen MR) is 122 cm³/mol. The SMILES string of the molecule is COc1cc2c(c(OC)c1OC)-c1ccc(OC)c(=O)cc1[C@@H](NC(=O)CN(C)C)CC2. The minimum absolute atomic E-state index is 0.120. The van der Waals surface area contributed by atoms with E-state index in [2.05, 4.69) is 5.32 Å². The highest BCUT2D eigenvalue weighted by molar-refractivity contribution is 5.84. The molecular weight excluding hydrogens is 412 g/mol. The second-order valence-electron chi connectivity index (χ2n) is 7.86. The van der Waals surface area contributed by atoms with Gasteiger partial charge in [0.2, 0.25) is 17.1 Å². The molecule has 8 heteroatoms. The molecule has 0 radical (unpaired) electrons. The van der Waals surface area contributed by atoms with Gasteiger partial charge in [-0.15, -0.1) is 0 Å². The summed E-state index contributed by atoms with van der Waals surface area (Å²) in [6.07, 6.45) is 1.24. The molecule has 0 heterocycles. The Balaban J connectivity index is 2.30. The molecule has 2 aromatic carbocycles. The summed E-state index contributed by atoms with van der Waals surface area (Å²) >= 11 is 0. The van der Waals surface area contributed by atoms with Crippen LogP contribution in [-0.2, 0) is 11.2 Å². The first kappa shape index (κ1) is 23.4. The molecule has 2 aromatic rings. The van der Waals surface area contributed by atoms with Crippen molar-refractivity contribution in [3.05, 3.63) is 45.6 Å². The van der Waals surface area contributed by atoms with Crippen molar-refractivity contribution in [2.45, 2.75) is 18.9 Å². The summed E-state index contributed by atoms with van der Waals surface area (Å²) in [5.74, 6) is 1.64. The normalized spacial score (nSPS) is 14.7. The maximum atomic E-state index is 12.8. The van der Waals surface area contributed by atoms with E-state index in [0.29, 0.717) is 35.7 Å². The molecule has 0 aliphatic heterocycles. The number of nitrogens with zero attached hydrogens (tertiary/aromatic N) is 1. The highest BCUT2D eigenvalue weighted by atomic mass is 16.5. The van der Waals surface area contributed by atoms with Crippen LogP contribution in [0.4, 0.5) is 0 Å². The van der Waals surface area contributed by atoms with Gasteiger partial charge in [0.1, 0.15) is 0 Å². The van der Waals surface area contributed by atoms with Crippen LogP contribution in [0.5, 0.6) is 23.0 Å². The first-order valence-corrected chi connectivity index (χ1v) is 10.3. The standard InChI is InChI=1S/C24H30N2O6/c1-26(2)13-21(28)25-17-9-7-14-11-20(30-4)23(31-5)24(32-6)22(14)15-8-10-19(29-3)18(27)12-16(15)17/h8,10-12,17H,7,9,13H2,1-6H3,(H,25,28)/t17-/m0/s1. The highest BCUT2D eigenvalue weighted by Gasteiger charge is 2.29. The number of amides is 1. The van der Waals surface area contributed by atoms with Crippen LogP contribution in [0.1, 0.15) is 23.6 Å². The zero-order valence-electron chi connectivity index (χ0n) is 19.4. The maximum absolute atomic E-state index is 12.8. The first-order chi connectivity index (χ1) is 15.3. The number of methoxy groups -OCH3 is 4. The summed E-state index contributed by atoms with van der Waals surface area (Å²) < 4.78 is 22.2. The zero-order chi connectivity index (χ0) is 23.4. The molecule has 32 heavy (non-hydrogen) atoms. The van der Waals surface area contributed by atoms with E-state index in [0.717, 1.165) is 16.7 Å². The van der Waals surface area contributed by atoms with Crippen LogP contribution < -0.4 is 29.7 Å².